The van der Waals surface area contributed by atoms with Crippen molar-refractivity contribution in [3.63, 3.8) is 0 Å². The van der Waals surface area contributed by atoms with Crippen molar-refractivity contribution in [2.45, 2.75) is 77.3 Å². The molecule has 0 aliphatic heterocycles. The number of aryl methyl sites for hydroxylation is 2. The molecule has 2 amide bonds. The summed E-state index contributed by atoms with van der Waals surface area (Å²) in [7, 11) is 0. The molecule has 4 aromatic carbocycles. The molecular formula is C34H36N2O8. The quantitative estimate of drug-likeness (QED) is 0.137. The van der Waals surface area contributed by atoms with Gasteiger partial charge in [0.15, 0.2) is 23.0 Å². The first-order valence-corrected chi connectivity index (χ1v) is 15.0. The van der Waals surface area contributed by atoms with Crippen LogP contribution in [0.1, 0.15) is 83.2 Å². The Labute approximate surface area is 253 Å². The summed E-state index contributed by atoms with van der Waals surface area (Å²) in [6, 6.07) is 5.52. The van der Waals surface area contributed by atoms with E-state index in [1.807, 2.05) is 4.90 Å². The zero-order chi connectivity index (χ0) is 31.6. The number of benzene rings is 4. The van der Waals surface area contributed by atoms with Crippen LogP contribution >= 0.6 is 0 Å². The monoisotopic (exact) mass is 600 g/mol. The third-order valence-electron chi connectivity index (χ3n) is 9.52. The van der Waals surface area contributed by atoms with Gasteiger partial charge in [-0.1, -0.05) is 25.7 Å². The molecule has 8 N–H and O–H groups in total. The molecule has 0 radical (unpaired) electrons. The molecule has 2 fully saturated rings. The number of aromatic hydroxyl groups is 6. The molecule has 6 rings (SSSR count). The Morgan fingerprint density at radius 1 is 0.614 bits per heavy atom. The number of nitrogens with two attached hydrogens (primary N) is 1. The van der Waals surface area contributed by atoms with Gasteiger partial charge in [-0.25, -0.2) is 0 Å². The second kappa shape index (κ2) is 10.7. The summed E-state index contributed by atoms with van der Waals surface area (Å²) in [5, 5.41) is 66.2. The maximum absolute atomic E-state index is 14.3. The summed E-state index contributed by atoms with van der Waals surface area (Å²) in [6.45, 7) is 3.32. The van der Waals surface area contributed by atoms with Crippen molar-refractivity contribution in [2.75, 3.05) is 0 Å². The van der Waals surface area contributed by atoms with Crippen molar-refractivity contribution in [1.82, 2.24) is 4.90 Å². The lowest BCUT2D eigenvalue weighted by Crippen LogP contribution is -2.45. The lowest BCUT2D eigenvalue weighted by atomic mass is 9.87. The van der Waals surface area contributed by atoms with Crippen LogP contribution in [0.4, 0.5) is 0 Å². The molecule has 2 saturated carbocycles. The van der Waals surface area contributed by atoms with Gasteiger partial charge in [0.05, 0.1) is 11.1 Å². The topological polar surface area (TPSA) is 185 Å². The van der Waals surface area contributed by atoms with Gasteiger partial charge in [0.2, 0.25) is 0 Å². The number of amides is 2. The lowest BCUT2D eigenvalue weighted by Gasteiger charge is -2.35. The molecule has 0 heterocycles. The molecule has 0 bridgehead atoms. The van der Waals surface area contributed by atoms with Gasteiger partial charge < -0.3 is 41.3 Å². The summed E-state index contributed by atoms with van der Waals surface area (Å²) in [5.41, 5.74) is 6.27. The van der Waals surface area contributed by atoms with Crippen LogP contribution in [0.3, 0.4) is 0 Å². The zero-order valence-electron chi connectivity index (χ0n) is 24.6. The number of primary amides is 1. The van der Waals surface area contributed by atoms with E-state index in [4.69, 9.17) is 5.73 Å². The largest absolute Gasteiger partial charge is 0.507 e. The SMILES string of the molecule is Cc1cc2c(C(N)=O)c(O)c(O)cc2c(O)c1-c1c(C)cc2c(C(=O)N(C3CCCC3)C3CCCC3)c(O)c(O)cc2c1O. The number of nitrogens with zero attached hydrogens (tertiary/aromatic N) is 1. The molecule has 0 atom stereocenters. The van der Waals surface area contributed by atoms with Gasteiger partial charge in [0.1, 0.15) is 11.5 Å². The predicted octanol–water partition coefficient (Wildman–Crippen LogP) is 5.94. The highest BCUT2D eigenvalue weighted by Gasteiger charge is 2.37. The first kappa shape index (κ1) is 29.2. The van der Waals surface area contributed by atoms with Crippen LogP contribution in [-0.2, 0) is 0 Å². The minimum absolute atomic E-state index is 0.0155. The Balaban J connectivity index is 1.59. The van der Waals surface area contributed by atoms with E-state index in [-0.39, 0.29) is 73.3 Å². The normalized spacial score (nSPS) is 15.9. The molecule has 230 valence electrons. The van der Waals surface area contributed by atoms with E-state index in [1.165, 1.54) is 12.1 Å². The highest BCUT2D eigenvalue weighted by Crippen LogP contribution is 2.51. The highest BCUT2D eigenvalue weighted by molar-refractivity contribution is 6.16. The van der Waals surface area contributed by atoms with Gasteiger partial charge in [-0.15, -0.1) is 0 Å². The minimum atomic E-state index is -1.00. The molecule has 0 aromatic heterocycles. The number of phenolic OH excluding ortho intramolecular Hbond substituents is 5. The van der Waals surface area contributed by atoms with Gasteiger partial charge >= 0.3 is 0 Å². The molecule has 44 heavy (non-hydrogen) atoms. The number of hydrogen-bond acceptors (Lipinski definition) is 8. The molecular weight excluding hydrogens is 564 g/mol. The Morgan fingerprint density at radius 3 is 1.41 bits per heavy atom. The van der Waals surface area contributed by atoms with Crippen LogP contribution in [-0.4, -0.2) is 59.4 Å². The van der Waals surface area contributed by atoms with Gasteiger partial charge in [-0.2, -0.15) is 0 Å². The van der Waals surface area contributed by atoms with Gasteiger partial charge in [-0.05, 0) is 74.9 Å². The third-order valence-corrected chi connectivity index (χ3v) is 9.52. The van der Waals surface area contributed by atoms with Crippen molar-refractivity contribution in [3.05, 3.63) is 46.5 Å². The Morgan fingerprint density at radius 2 is 1.00 bits per heavy atom. The van der Waals surface area contributed by atoms with Crippen molar-refractivity contribution in [2.24, 2.45) is 5.73 Å². The summed E-state index contributed by atoms with van der Waals surface area (Å²) < 4.78 is 0. The number of carbonyl (C=O) groups excluding carboxylic acids is 2. The van der Waals surface area contributed by atoms with Gasteiger partial charge in [0, 0.05) is 44.8 Å². The second-order valence-electron chi connectivity index (χ2n) is 12.2. The van der Waals surface area contributed by atoms with Crippen LogP contribution in [0.25, 0.3) is 32.7 Å². The summed E-state index contributed by atoms with van der Waals surface area (Å²) >= 11 is 0. The van der Waals surface area contributed by atoms with Crippen LogP contribution < -0.4 is 5.73 Å². The molecule has 2 aliphatic carbocycles. The standard InChI is InChI=1S/C34H36N2O8/c1-15-11-19-21(13-23(37)31(41)27(19)33(35)43)29(39)25(15)26-16(2)12-20-22(30(26)40)14-24(38)32(42)28(20)34(44)36(17-7-3-4-8-17)18-9-5-6-10-18/h11-14,17-18,37-42H,3-10H2,1-2H3,(H2,35,43). The van der Waals surface area contributed by atoms with Crippen LogP contribution in [0.15, 0.2) is 24.3 Å². The van der Waals surface area contributed by atoms with E-state index in [9.17, 15) is 40.2 Å². The Hall–Kier alpha value is -4.86. The Kier molecular flexibility index (Phi) is 7.10. The number of carbonyl (C=O) groups is 2. The fraction of sp³-hybridized carbons (Fsp3) is 0.353. The molecule has 4 aromatic rings. The van der Waals surface area contributed by atoms with Gasteiger partial charge in [0.25, 0.3) is 11.8 Å². The summed E-state index contributed by atoms with van der Waals surface area (Å²) in [5.74, 6) is -4.59. The number of phenols is 6. The zero-order valence-corrected chi connectivity index (χ0v) is 24.6. The molecule has 10 nitrogen and oxygen atoms in total. The minimum Gasteiger partial charge on any atom is -0.507 e. The van der Waals surface area contributed by atoms with E-state index in [2.05, 4.69) is 0 Å². The third kappa shape index (κ3) is 4.39. The molecule has 0 unspecified atom stereocenters. The number of rotatable bonds is 5. The second-order valence-corrected chi connectivity index (χ2v) is 12.2. The first-order chi connectivity index (χ1) is 20.9. The highest BCUT2D eigenvalue weighted by atomic mass is 16.3. The molecule has 10 heteroatoms. The van der Waals surface area contributed by atoms with Crippen LogP contribution in [0, 0.1) is 13.8 Å². The number of fused-ring (bicyclic) bond motifs is 2. The van der Waals surface area contributed by atoms with E-state index in [0.717, 1.165) is 57.4 Å². The summed E-state index contributed by atoms with van der Waals surface area (Å²) in [4.78, 5) is 28.4. The first-order valence-electron chi connectivity index (χ1n) is 15.0. The van der Waals surface area contributed by atoms with Crippen LogP contribution in [0.5, 0.6) is 34.5 Å². The molecule has 0 saturated heterocycles. The average Bonchev–Trinajstić information content (AvgIpc) is 3.69. The molecule has 0 spiro atoms. The molecule has 2 aliphatic rings. The van der Waals surface area contributed by atoms with Crippen molar-refractivity contribution in [3.8, 4) is 45.6 Å². The van der Waals surface area contributed by atoms with E-state index >= 15 is 0 Å². The average molecular weight is 601 g/mol. The van der Waals surface area contributed by atoms with Crippen LogP contribution in [0.2, 0.25) is 0 Å². The van der Waals surface area contributed by atoms with Gasteiger partial charge in [-0.3, -0.25) is 9.59 Å². The van der Waals surface area contributed by atoms with Crippen molar-refractivity contribution >= 4 is 33.4 Å². The van der Waals surface area contributed by atoms with E-state index in [1.54, 1.807) is 19.9 Å². The maximum atomic E-state index is 14.3. The predicted molar refractivity (Wildman–Crippen MR) is 166 cm³/mol. The van der Waals surface area contributed by atoms with Crippen molar-refractivity contribution in [1.29, 1.82) is 0 Å². The Bertz CT molecular complexity index is 1850. The lowest BCUT2D eigenvalue weighted by molar-refractivity contribution is 0.0579. The smallest absolute Gasteiger partial charge is 0.258 e. The maximum Gasteiger partial charge on any atom is 0.258 e. The van der Waals surface area contributed by atoms with E-state index < -0.39 is 28.9 Å². The van der Waals surface area contributed by atoms with E-state index in [0.29, 0.717) is 11.1 Å². The number of hydrogen-bond donors (Lipinski definition) is 7. The fourth-order valence-electron chi connectivity index (χ4n) is 7.48. The summed E-state index contributed by atoms with van der Waals surface area (Å²) in [6.07, 6.45) is 7.57. The fourth-order valence-corrected chi connectivity index (χ4v) is 7.48. The van der Waals surface area contributed by atoms with Crippen molar-refractivity contribution < 1.29 is 40.2 Å².